The van der Waals surface area contributed by atoms with Crippen LogP contribution in [-0.2, 0) is 4.79 Å². The monoisotopic (exact) mass is 434 g/mol. The smallest absolute Gasteiger partial charge is 0.250 e. The highest BCUT2D eigenvalue weighted by Crippen LogP contribution is 2.31. The van der Waals surface area contributed by atoms with Crippen molar-refractivity contribution in [3.63, 3.8) is 0 Å². The average Bonchev–Trinajstić information content (AvgIpc) is 3.10. The molecule has 3 rings (SSSR count). The Labute approximate surface area is 176 Å². The molecule has 1 aromatic heterocycles. The lowest BCUT2D eigenvalue weighted by molar-refractivity contribution is -0.115. The van der Waals surface area contributed by atoms with E-state index in [-0.39, 0.29) is 10.8 Å². The molecule has 3 aromatic rings. The molecule has 4 nitrogen and oxygen atoms in total. The maximum Gasteiger partial charge on any atom is 0.250 e. The Bertz CT molecular complexity index is 1070. The highest BCUT2D eigenvalue weighted by atomic mass is 35.5. The van der Waals surface area contributed by atoms with Gasteiger partial charge >= 0.3 is 0 Å². The summed E-state index contributed by atoms with van der Waals surface area (Å²) < 4.78 is 19.2. The van der Waals surface area contributed by atoms with Crippen LogP contribution < -0.4 is 10.6 Å². The Hall–Kier alpha value is -2.67. The van der Waals surface area contributed by atoms with Crippen molar-refractivity contribution in [3.05, 3.63) is 82.3 Å². The van der Waals surface area contributed by atoms with Crippen molar-refractivity contribution >= 4 is 58.2 Å². The molecule has 0 aliphatic carbocycles. The summed E-state index contributed by atoms with van der Waals surface area (Å²) in [7, 11) is 0. The van der Waals surface area contributed by atoms with Crippen LogP contribution in [0.1, 0.15) is 5.76 Å². The molecule has 0 aliphatic rings. The molecule has 0 spiro atoms. The van der Waals surface area contributed by atoms with Crippen molar-refractivity contribution < 1.29 is 13.6 Å². The Kier molecular flexibility index (Phi) is 6.46. The Morgan fingerprint density at radius 1 is 1.11 bits per heavy atom. The van der Waals surface area contributed by atoms with Crippen molar-refractivity contribution in [2.24, 2.45) is 0 Å². The number of halogens is 3. The fraction of sp³-hybridized carbons (Fsp3) is 0. The third-order valence-electron chi connectivity index (χ3n) is 3.58. The molecule has 8 heteroatoms. The maximum atomic E-state index is 13.6. The number of carbonyl (C=O) groups excluding carboxylic acids is 1. The molecule has 2 aromatic carbocycles. The molecule has 142 valence electrons. The van der Waals surface area contributed by atoms with E-state index >= 15 is 0 Å². The molecule has 2 N–H and O–H groups in total. The first kappa shape index (κ1) is 20.1. The van der Waals surface area contributed by atoms with Crippen LogP contribution in [0.4, 0.5) is 10.1 Å². The number of furan rings is 1. The van der Waals surface area contributed by atoms with E-state index in [0.29, 0.717) is 27.1 Å². The van der Waals surface area contributed by atoms with E-state index in [2.05, 4.69) is 10.6 Å². The quantitative estimate of drug-likeness (QED) is 0.395. The summed E-state index contributed by atoms with van der Waals surface area (Å²) in [5.74, 6) is 0.0255. The zero-order chi connectivity index (χ0) is 20.1. The minimum absolute atomic E-state index is 0.0205. The second kappa shape index (κ2) is 9.01. The first-order valence-electron chi connectivity index (χ1n) is 8.02. The summed E-state index contributed by atoms with van der Waals surface area (Å²) in [6.07, 6.45) is 2.73. The molecule has 28 heavy (non-hydrogen) atoms. The van der Waals surface area contributed by atoms with Crippen LogP contribution in [-0.4, -0.2) is 11.0 Å². The predicted molar refractivity (Wildman–Crippen MR) is 114 cm³/mol. The van der Waals surface area contributed by atoms with Crippen molar-refractivity contribution in [1.82, 2.24) is 5.32 Å². The van der Waals surface area contributed by atoms with Gasteiger partial charge in [-0.25, -0.2) is 4.39 Å². The minimum atomic E-state index is -0.490. The van der Waals surface area contributed by atoms with Crippen molar-refractivity contribution in [3.8, 4) is 11.3 Å². The SMILES string of the molecule is O=C(/C=C/c1ccc(-c2ccc(Cl)cc2Cl)o1)NC(=S)Nc1ccccc1F. The van der Waals surface area contributed by atoms with Crippen LogP contribution in [0, 0.1) is 5.82 Å². The van der Waals surface area contributed by atoms with E-state index < -0.39 is 11.7 Å². The zero-order valence-electron chi connectivity index (χ0n) is 14.2. The first-order valence-corrected chi connectivity index (χ1v) is 9.18. The van der Waals surface area contributed by atoms with Gasteiger partial charge in [0.15, 0.2) is 5.11 Å². The Morgan fingerprint density at radius 2 is 1.89 bits per heavy atom. The number of carbonyl (C=O) groups is 1. The molecule has 1 amide bonds. The Morgan fingerprint density at radius 3 is 2.64 bits per heavy atom. The normalized spacial score (nSPS) is 10.8. The van der Waals surface area contributed by atoms with E-state index in [1.54, 1.807) is 42.5 Å². The molecule has 0 atom stereocenters. The van der Waals surface area contributed by atoms with Gasteiger partial charge in [0.1, 0.15) is 17.3 Å². The molecule has 0 unspecified atom stereocenters. The van der Waals surface area contributed by atoms with Gasteiger partial charge in [0.2, 0.25) is 5.91 Å². The van der Waals surface area contributed by atoms with E-state index in [1.165, 1.54) is 24.3 Å². The fourth-order valence-corrected chi connectivity index (χ4v) is 3.02. The molecule has 0 radical (unpaired) electrons. The zero-order valence-corrected chi connectivity index (χ0v) is 16.5. The summed E-state index contributed by atoms with van der Waals surface area (Å²) in [5, 5.41) is 6.01. The topological polar surface area (TPSA) is 54.3 Å². The van der Waals surface area contributed by atoms with Gasteiger partial charge in [0, 0.05) is 16.7 Å². The third kappa shape index (κ3) is 5.19. The summed E-state index contributed by atoms with van der Waals surface area (Å²) in [6.45, 7) is 0. The molecule has 0 saturated heterocycles. The maximum absolute atomic E-state index is 13.6. The van der Waals surface area contributed by atoms with Gasteiger partial charge in [-0.1, -0.05) is 35.3 Å². The van der Waals surface area contributed by atoms with Crippen LogP contribution in [0.3, 0.4) is 0 Å². The van der Waals surface area contributed by atoms with Gasteiger partial charge in [-0.3, -0.25) is 10.1 Å². The number of nitrogens with one attached hydrogen (secondary N) is 2. The standard InChI is InChI=1S/C20H13Cl2FN2O2S/c21-12-5-8-14(15(22)11-12)18-9-6-13(27-18)7-10-19(26)25-20(28)24-17-4-2-1-3-16(17)23/h1-11H,(H2,24,25,26,28)/b10-7+. The van der Waals surface area contributed by atoms with Gasteiger partial charge in [0.05, 0.1) is 10.7 Å². The van der Waals surface area contributed by atoms with Crippen LogP contribution in [0.5, 0.6) is 0 Å². The lowest BCUT2D eigenvalue weighted by Gasteiger charge is -2.08. The average molecular weight is 435 g/mol. The lowest BCUT2D eigenvalue weighted by atomic mass is 10.2. The number of amides is 1. The molecular formula is C20H13Cl2FN2O2S. The minimum Gasteiger partial charge on any atom is -0.457 e. The number of hydrogen-bond acceptors (Lipinski definition) is 3. The van der Waals surface area contributed by atoms with Crippen molar-refractivity contribution in [1.29, 1.82) is 0 Å². The van der Waals surface area contributed by atoms with E-state index in [1.807, 2.05) is 0 Å². The molecule has 0 saturated carbocycles. The highest BCUT2D eigenvalue weighted by Gasteiger charge is 2.09. The molecule has 0 aliphatic heterocycles. The van der Waals surface area contributed by atoms with Gasteiger partial charge in [0.25, 0.3) is 0 Å². The van der Waals surface area contributed by atoms with E-state index in [9.17, 15) is 9.18 Å². The molecular weight excluding hydrogens is 422 g/mol. The lowest BCUT2D eigenvalue weighted by Crippen LogP contribution is -2.33. The number of para-hydroxylation sites is 1. The predicted octanol–water partition coefficient (Wildman–Crippen LogP) is 5.92. The van der Waals surface area contributed by atoms with Gasteiger partial charge in [-0.05, 0) is 60.8 Å². The van der Waals surface area contributed by atoms with Gasteiger partial charge < -0.3 is 9.73 Å². The third-order valence-corrected chi connectivity index (χ3v) is 4.33. The number of anilines is 1. The van der Waals surface area contributed by atoms with Crippen molar-refractivity contribution in [2.45, 2.75) is 0 Å². The number of thiocarbonyl (C=S) groups is 1. The molecule has 0 bridgehead atoms. The highest BCUT2D eigenvalue weighted by molar-refractivity contribution is 7.80. The summed E-state index contributed by atoms with van der Waals surface area (Å²) in [5.41, 5.74) is 0.859. The largest absolute Gasteiger partial charge is 0.457 e. The second-order valence-corrected chi connectivity index (χ2v) is 6.83. The number of benzene rings is 2. The number of hydrogen-bond donors (Lipinski definition) is 2. The van der Waals surface area contributed by atoms with Crippen LogP contribution in [0.25, 0.3) is 17.4 Å². The van der Waals surface area contributed by atoms with Gasteiger partial charge in [-0.15, -0.1) is 0 Å². The molecule has 1 heterocycles. The molecule has 0 fully saturated rings. The van der Waals surface area contributed by atoms with Crippen LogP contribution >= 0.6 is 35.4 Å². The Balaban J connectivity index is 1.61. The van der Waals surface area contributed by atoms with Crippen LogP contribution in [0.2, 0.25) is 10.0 Å². The van der Waals surface area contributed by atoms with E-state index in [0.717, 1.165) is 0 Å². The summed E-state index contributed by atoms with van der Waals surface area (Å²) >= 11 is 17.1. The number of rotatable bonds is 4. The second-order valence-electron chi connectivity index (χ2n) is 5.58. The fourth-order valence-electron chi connectivity index (χ4n) is 2.30. The first-order chi connectivity index (χ1) is 13.4. The van der Waals surface area contributed by atoms with E-state index in [4.69, 9.17) is 39.8 Å². The summed E-state index contributed by atoms with van der Waals surface area (Å²) in [4.78, 5) is 12.0. The van der Waals surface area contributed by atoms with Gasteiger partial charge in [-0.2, -0.15) is 0 Å². The van der Waals surface area contributed by atoms with Crippen molar-refractivity contribution in [2.75, 3.05) is 5.32 Å². The van der Waals surface area contributed by atoms with Crippen LogP contribution in [0.15, 0.2) is 65.1 Å². The summed E-state index contributed by atoms with van der Waals surface area (Å²) in [6, 6.07) is 14.5.